The van der Waals surface area contributed by atoms with Crippen LogP contribution in [-0.4, -0.2) is 53.9 Å². The second-order valence-electron chi connectivity index (χ2n) is 13.8. The number of esters is 1. The number of rotatable bonds is 39. The van der Waals surface area contributed by atoms with E-state index < -0.39 is 45.1 Å². The maximum absolute atomic E-state index is 12.5. The summed E-state index contributed by atoms with van der Waals surface area (Å²) in [4.78, 5) is 33.4. The van der Waals surface area contributed by atoms with Crippen molar-refractivity contribution in [3.8, 4) is 0 Å². The Labute approximate surface area is 311 Å². The minimum atomic E-state index is -4.62. The van der Waals surface area contributed by atoms with Crippen LogP contribution in [0.1, 0.15) is 187 Å². The summed E-state index contributed by atoms with van der Waals surface area (Å²) >= 11 is 0. The van der Waals surface area contributed by atoms with Crippen molar-refractivity contribution in [3.05, 3.63) is 24.5 Å². The fraction of sp³-hybridized carbons (Fsp3) is 0.850. The molecule has 0 saturated carbocycles. The van der Waals surface area contributed by atoms with E-state index in [2.05, 4.69) is 30.5 Å². The highest BCUT2D eigenvalue weighted by molar-refractivity contribution is 7.47. The van der Waals surface area contributed by atoms with Gasteiger partial charge in [-0.15, -0.1) is 0 Å². The van der Waals surface area contributed by atoms with Gasteiger partial charge in [-0.1, -0.05) is 154 Å². The Balaban J connectivity index is 4.27. The van der Waals surface area contributed by atoms with Crippen LogP contribution in [0.2, 0.25) is 0 Å². The number of hydrogen-bond donors (Lipinski definition) is 3. The van der Waals surface area contributed by atoms with Crippen molar-refractivity contribution in [2.45, 2.75) is 199 Å². The Morgan fingerprint density at radius 1 is 0.608 bits per heavy atom. The molecule has 0 aliphatic heterocycles. The Hall–Kier alpha value is -1.71. The van der Waals surface area contributed by atoms with E-state index in [4.69, 9.17) is 24.8 Å². The van der Waals surface area contributed by atoms with Crippen LogP contribution < -0.4 is 5.73 Å². The van der Waals surface area contributed by atoms with Gasteiger partial charge in [0.05, 0.1) is 19.5 Å². The lowest BCUT2D eigenvalue weighted by Crippen LogP contribution is -2.34. The highest BCUT2D eigenvalue weighted by Gasteiger charge is 2.27. The lowest BCUT2D eigenvalue weighted by Gasteiger charge is -2.20. The van der Waals surface area contributed by atoms with Crippen LogP contribution in [0.15, 0.2) is 24.5 Å². The molecular weight excluding hydrogens is 669 g/mol. The quantitative estimate of drug-likeness (QED) is 0.0182. The molecule has 0 aromatic rings. The molecule has 300 valence electrons. The van der Waals surface area contributed by atoms with Gasteiger partial charge in [-0.05, 0) is 44.6 Å². The first-order valence-electron chi connectivity index (χ1n) is 20.4. The Bertz CT molecular complexity index is 914. The van der Waals surface area contributed by atoms with Gasteiger partial charge >= 0.3 is 19.8 Å². The summed E-state index contributed by atoms with van der Waals surface area (Å²) in [7, 11) is -4.62. The molecule has 0 aliphatic rings. The smallest absolute Gasteiger partial charge is 0.472 e. The van der Waals surface area contributed by atoms with Crippen LogP contribution >= 0.6 is 7.82 Å². The average molecular weight is 746 g/mol. The summed E-state index contributed by atoms with van der Waals surface area (Å²) in [5.41, 5.74) is 5.33. The predicted octanol–water partition coefficient (Wildman–Crippen LogP) is 11.1. The molecule has 4 N–H and O–H groups in total. The lowest BCUT2D eigenvalue weighted by molar-refractivity contribution is -0.153. The third-order valence-corrected chi connectivity index (χ3v) is 9.75. The molecule has 51 heavy (non-hydrogen) atoms. The highest BCUT2D eigenvalue weighted by Crippen LogP contribution is 2.43. The van der Waals surface area contributed by atoms with Crippen molar-refractivity contribution in [1.82, 2.24) is 0 Å². The van der Waals surface area contributed by atoms with Gasteiger partial charge in [0.25, 0.3) is 0 Å². The monoisotopic (exact) mass is 746 g/mol. The standard InChI is InChI=1S/C40H76NO9P/c1-3-5-7-9-11-13-15-16-17-18-19-20-21-23-25-27-29-31-33-47-34-37(35-48-51(45,46)49-36-38(41)40(43)44)50-39(42)32-30-28-26-24-22-14-12-10-8-6-4-2/h10,12,31,33,37-38H,3-9,11,13-30,32,34-36,41H2,1-2H3,(H,43,44)(H,45,46)/b12-10-,33-31-/t37-,38+/m1/s1. The van der Waals surface area contributed by atoms with Crippen molar-refractivity contribution in [2.24, 2.45) is 5.73 Å². The number of phosphoric ester groups is 1. The van der Waals surface area contributed by atoms with Crippen molar-refractivity contribution in [3.63, 3.8) is 0 Å². The molecule has 0 rings (SSSR count). The molecule has 0 aliphatic carbocycles. The Morgan fingerprint density at radius 2 is 1.04 bits per heavy atom. The van der Waals surface area contributed by atoms with E-state index in [-0.39, 0.29) is 13.0 Å². The number of carboxylic acids is 1. The van der Waals surface area contributed by atoms with E-state index in [0.29, 0.717) is 6.42 Å². The first-order valence-corrected chi connectivity index (χ1v) is 21.9. The van der Waals surface area contributed by atoms with Gasteiger partial charge in [0, 0.05) is 6.42 Å². The van der Waals surface area contributed by atoms with E-state index in [0.717, 1.165) is 51.4 Å². The third-order valence-electron chi connectivity index (χ3n) is 8.80. The Kier molecular flexibility index (Phi) is 35.4. The number of phosphoric acid groups is 1. The van der Waals surface area contributed by atoms with E-state index in [9.17, 15) is 19.0 Å². The molecule has 0 aromatic heterocycles. The van der Waals surface area contributed by atoms with Crippen molar-refractivity contribution in [2.75, 3.05) is 19.8 Å². The van der Waals surface area contributed by atoms with Gasteiger partial charge in [0.2, 0.25) is 0 Å². The van der Waals surface area contributed by atoms with Crippen LogP contribution in [-0.2, 0) is 32.7 Å². The zero-order valence-electron chi connectivity index (χ0n) is 32.5. The van der Waals surface area contributed by atoms with Crippen molar-refractivity contribution in [1.29, 1.82) is 0 Å². The van der Waals surface area contributed by atoms with Crippen LogP contribution in [0.5, 0.6) is 0 Å². The molecule has 3 atom stereocenters. The van der Waals surface area contributed by atoms with Gasteiger partial charge < -0.3 is 25.2 Å². The SMILES string of the molecule is CCCC/C=C\CCCCCCCC(=O)O[C@H](CO/C=C\CCCCCCCCCCCCCCCCCC)COP(=O)(O)OC[C@H](N)C(=O)O. The number of unbranched alkanes of at least 4 members (excludes halogenated alkanes) is 23. The molecule has 11 heteroatoms. The van der Waals surface area contributed by atoms with Crippen molar-refractivity contribution >= 4 is 19.8 Å². The van der Waals surface area contributed by atoms with Gasteiger partial charge in [-0.25, -0.2) is 4.57 Å². The topological polar surface area (TPSA) is 155 Å². The molecule has 0 aromatic carbocycles. The van der Waals surface area contributed by atoms with Gasteiger partial charge in [-0.3, -0.25) is 18.6 Å². The molecule has 0 spiro atoms. The number of carbonyl (C=O) groups excluding carboxylic acids is 1. The maximum atomic E-state index is 12.5. The summed E-state index contributed by atoms with van der Waals surface area (Å²) < 4.78 is 33.0. The molecule has 10 nitrogen and oxygen atoms in total. The van der Waals surface area contributed by atoms with Crippen LogP contribution in [0, 0.1) is 0 Å². The van der Waals surface area contributed by atoms with E-state index in [1.54, 1.807) is 6.26 Å². The maximum Gasteiger partial charge on any atom is 0.472 e. The summed E-state index contributed by atoms with van der Waals surface area (Å²) in [6.45, 7) is 3.23. The summed E-state index contributed by atoms with van der Waals surface area (Å²) in [5.74, 6) is -1.81. The average Bonchev–Trinajstić information content (AvgIpc) is 3.10. The lowest BCUT2D eigenvalue weighted by atomic mass is 10.0. The van der Waals surface area contributed by atoms with E-state index in [1.807, 2.05) is 6.08 Å². The molecular formula is C40H76NO9P. The van der Waals surface area contributed by atoms with Crippen molar-refractivity contribution < 1.29 is 42.7 Å². The molecule has 0 saturated heterocycles. The zero-order chi connectivity index (χ0) is 37.7. The first kappa shape index (κ1) is 49.3. The largest absolute Gasteiger partial charge is 0.498 e. The molecule has 0 amide bonds. The van der Waals surface area contributed by atoms with Gasteiger partial charge in [0.1, 0.15) is 12.6 Å². The predicted molar refractivity (Wildman–Crippen MR) is 207 cm³/mol. The normalized spacial score (nSPS) is 14.2. The minimum absolute atomic E-state index is 0.0678. The van der Waals surface area contributed by atoms with E-state index >= 15 is 0 Å². The second-order valence-corrected chi connectivity index (χ2v) is 15.3. The zero-order valence-corrected chi connectivity index (χ0v) is 33.3. The fourth-order valence-corrected chi connectivity index (χ4v) is 6.33. The molecule has 0 heterocycles. The number of allylic oxidation sites excluding steroid dienone is 3. The van der Waals surface area contributed by atoms with Crippen LogP contribution in [0.4, 0.5) is 0 Å². The molecule has 0 fully saturated rings. The molecule has 0 radical (unpaired) electrons. The summed E-state index contributed by atoms with van der Waals surface area (Å²) in [5, 5.41) is 8.86. The Morgan fingerprint density at radius 3 is 1.55 bits per heavy atom. The van der Waals surface area contributed by atoms with E-state index in [1.165, 1.54) is 109 Å². The summed E-state index contributed by atoms with van der Waals surface area (Å²) in [6.07, 6.45) is 39.0. The first-order chi connectivity index (χ1) is 24.7. The van der Waals surface area contributed by atoms with Gasteiger partial charge in [0.15, 0.2) is 6.10 Å². The number of hydrogen-bond acceptors (Lipinski definition) is 8. The fourth-order valence-electron chi connectivity index (χ4n) is 5.55. The number of carboxylic acid groups (broad SMARTS) is 1. The molecule has 0 bridgehead atoms. The summed E-state index contributed by atoms with van der Waals surface area (Å²) in [6, 6.07) is -1.48. The van der Waals surface area contributed by atoms with Crippen LogP contribution in [0.3, 0.4) is 0 Å². The number of ether oxygens (including phenoxy) is 2. The van der Waals surface area contributed by atoms with Crippen LogP contribution in [0.25, 0.3) is 0 Å². The minimum Gasteiger partial charge on any atom is -0.498 e. The second kappa shape index (κ2) is 36.6. The highest BCUT2D eigenvalue weighted by atomic mass is 31.2. The van der Waals surface area contributed by atoms with Gasteiger partial charge in [-0.2, -0.15) is 0 Å². The molecule has 1 unspecified atom stereocenters. The third kappa shape index (κ3) is 36.4. The number of nitrogens with two attached hydrogens (primary N) is 1. The number of aliphatic carboxylic acids is 1. The number of carbonyl (C=O) groups is 2.